The molecule has 0 aliphatic carbocycles. The molecule has 1 fully saturated rings. The normalized spacial score (nSPS) is 14.2. The van der Waals surface area contributed by atoms with Gasteiger partial charge in [-0.3, -0.25) is 10.00 Å². The fourth-order valence-corrected chi connectivity index (χ4v) is 3.45. The van der Waals surface area contributed by atoms with Gasteiger partial charge in [0.25, 0.3) is 0 Å². The molecule has 0 radical (unpaired) electrons. The first-order valence-corrected chi connectivity index (χ1v) is 9.35. The zero-order valence-corrected chi connectivity index (χ0v) is 16.0. The van der Waals surface area contributed by atoms with E-state index in [0.29, 0.717) is 43.1 Å². The molecule has 29 heavy (non-hydrogen) atoms. The van der Waals surface area contributed by atoms with E-state index in [1.165, 1.54) is 12.1 Å². The maximum atomic E-state index is 14.1. The van der Waals surface area contributed by atoms with E-state index in [2.05, 4.69) is 15.3 Å². The van der Waals surface area contributed by atoms with Gasteiger partial charge in [0.15, 0.2) is 0 Å². The van der Waals surface area contributed by atoms with E-state index in [0.717, 1.165) is 11.8 Å². The summed E-state index contributed by atoms with van der Waals surface area (Å²) in [5.41, 5.74) is 2.00. The number of rotatable bonds is 3. The van der Waals surface area contributed by atoms with Crippen LogP contribution in [0, 0.1) is 11.6 Å². The summed E-state index contributed by atoms with van der Waals surface area (Å²) in [6.45, 7) is 2.46. The first-order valence-electron chi connectivity index (χ1n) is 9.35. The Bertz CT molecular complexity index is 1030. The molecule has 1 aliphatic heterocycles. The van der Waals surface area contributed by atoms with Gasteiger partial charge in [0.05, 0.1) is 6.20 Å². The first kappa shape index (κ1) is 18.9. The number of aryl methyl sites for hydroxylation is 1. The van der Waals surface area contributed by atoms with Crippen LogP contribution in [0.5, 0.6) is 0 Å². The van der Waals surface area contributed by atoms with Crippen molar-refractivity contribution in [3.8, 4) is 11.1 Å². The smallest absolute Gasteiger partial charge is 0.323 e. The molecule has 6 nitrogen and oxygen atoms in total. The molecule has 1 saturated heterocycles. The van der Waals surface area contributed by atoms with E-state index >= 15 is 0 Å². The van der Waals surface area contributed by atoms with Crippen LogP contribution in [0.25, 0.3) is 11.1 Å². The number of piperazine rings is 1. The lowest BCUT2D eigenvalue weighted by atomic mass is 10.0. The number of aromatic nitrogens is 2. The van der Waals surface area contributed by atoms with Crippen molar-refractivity contribution in [1.82, 2.24) is 14.7 Å². The first-order chi connectivity index (χ1) is 14.0. The molecule has 0 bridgehead atoms. The molecule has 2 amide bonds. The number of amides is 2. The van der Waals surface area contributed by atoms with Crippen molar-refractivity contribution < 1.29 is 13.6 Å². The molecule has 2 aromatic carbocycles. The van der Waals surface area contributed by atoms with E-state index in [1.54, 1.807) is 35.0 Å². The lowest BCUT2D eigenvalue weighted by Crippen LogP contribution is -2.50. The van der Waals surface area contributed by atoms with Crippen molar-refractivity contribution in [3.63, 3.8) is 0 Å². The van der Waals surface area contributed by atoms with E-state index in [9.17, 15) is 13.6 Å². The predicted octanol–water partition coefficient (Wildman–Crippen LogP) is 3.72. The van der Waals surface area contributed by atoms with Crippen LogP contribution in [-0.2, 0) is 7.05 Å². The molecule has 0 spiro atoms. The van der Waals surface area contributed by atoms with Crippen molar-refractivity contribution in [2.24, 2.45) is 7.05 Å². The van der Waals surface area contributed by atoms with Crippen LogP contribution >= 0.6 is 0 Å². The Kier molecular flexibility index (Phi) is 5.16. The predicted molar refractivity (Wildman–Crippen MR) is 108 cm³/mol. The summed E-state index contributed by atoms with van der Waals surface area (Å²) in [5, 5.41) is 6.89. The van der Waals surface area contributed by atoms with Crippen molar-refractivity contribution in [3.05, 3.63) is 66.4 Å². The number of nitrogens with zero attached hydrogens (tertiary/aromatic N) is 4. The minimum Gasteiger partial charge on any atom is -0.368 e. The van der Waals surface area contributed by atoms with E-state index in [4.69, 9.17) is 0 Å². The quantitative estimate of drug-likeness (QED) is 0.733. The van der Waals surface area contributed by atoms with Gasteiger partial charge in [-0.25, -0.2) is 13.6 Å². The highest BCUT2D eigenvalue weighted by molar-refractivity contribution is 5.88. The van der Waals surface area contributed by atoms with Crippen molar-refractivity contribution >= 4 is 17.5 Å². The van der Waals surface area contributed by atoms with Crippen LogP contribution in [0.4, 0.5) is 25.1 Å². The van der Waals surface area contributed by atoms with Gasteiger partial charge >= 0.3 is 6.03 Å². The van der Waals surface area contributed by atoms with Crippen LogP contribution in [0.15, 0.2) is 54.7 Å². The Morgan fingerprint density at radius 2 is 1.83 bits per heavy atom. The summed E-state index contributed by atoms with van der Waals surface area (Å²) in [6.07, 6.45) is 1.63. The molecule has 0 unspecified atom stereocenters. The monoisotopic (exact) mass is 397 g/mol. The van der Waals surface area contributed by atoms with Crippen LogP contribution in [0.3, 0.4) is 0 Å². The Morgan fingerprint density at radius 3 is 2.52 bits per heavy atom. The van der Waals surface area contributed by atoms with Gasteiger partial charge in [-0.1, -0.05) is 12.1 Å². The largest absolute Gasteiger partial charge is 0.368 e. The summed E-state index contributed by atoms with van der Waals surface area (Å²) in [4.78, 5) is 16.4. The molecule has 3 aromatic rings. The highest BCUT2D eigenvalue weighted by Crippen LogP contribution is 2.28. The molecule has 0 saturated carbocycles. The van der Waals surface area contributed by atoms with E-state index < -0.39 is 11.6 Å². The summed E-state index contributed by atoms with van der Waals surface area (Å²) in [7, 11) is 1.77. The van der Waals surface area contributed by atoms with E-state index in [-0.39, 0.29) is 6.03 Å². The minimum absolute atomic E-state index is 0.157. The average Bonchev–Trinajstić information content (AvgIpc) is 3.12. The highest BCUT2D eigenvalue weighted by Gasteiger charge is 2.22. The molecule has 4 rings (SSSR count). The number of nitrogens with one attached hydrogen (secondary N) is 1. The second-order valence-corrected chi connectivity index (χ2v) is 6.92. The molecule has 1 N–H and O–H groups in total. The third kappa shape index (κ3) is 4.06. The summed E-state index contributed by atoms with van der Waals surface area (Å²) >= 11 is 0. The fraction of sp³-hybridized carbons (Fsp3) is 0.238. The van der Waals surface area contributed by atoms with E-state index in [1.807, 2.05) is 18.2 Å². The van der Waals surface area contributed by atoms with Gasteiger partial charge in [-0.2, -0.15) is 5.10 Å². The number of anilines is 2. The number of hydrogen-bond donors (Lipinski definition) is 1. The van der Waals surface area contributed by atoms with Crippen LogP contribution < -0.4 is 10.2 Å². The van der Waals surface area contributed by atoms with Gasteiger partial charge in [0, 0.05) is 56.6 Å². The second kappa shape index (κ2) is 7.90. The van der Waals surface area contributed by atoms with Gasteiger partial charge in [-0.15, -0.1) is 0 Å². The zero-order chi connectivity index (χ0) is 20.4. The van der Waals surface area contributed by atoms with Crippen molar-refractivity contribution in [2.75, 3.05) is 36.4 Å². The highest BCUT2D eigenvalue weighted by atomic mass is 19.1. The topological polar surface area (TPSA) is 53.4 Å². The second-order valence-electron chi connectivity index (χ2n) is 6.92. The van der Waals surface area contributed by atoms with Crippen LogP contribution in [0.1, 0.15) is 0 Å². The molecule has 1 aromatic heterocycles. The number of benzene rings is 2. The lowest BCUT2D eigenvalue weighted by molar-refractivity contribution is 0.208. The van der Waals surface area contributed by atoms with Gasteiger partial charge < -0.3 is 9.80 Å². The summed E-state index contributed by atoms with van der Waals surface area (Å²) in [5.74, 6) is -0.534. The zero-order valence-electron chi connectivity index (χ0n) is 16.0. The minimum atomic E-state index is -0.595. The lowest BCUT2D eigenvalue weighted by Gasteiger charge is -2.36. The number of urea groups is 1. The summed E-state index contributed by atoms with van der Waals surface area (Å²) < 4.78 is 28.9. The van der Waals surface area contributed by atoms with Crippen molar-refractivity contribution in [1.29, 1.82) is 0 Å². The molecular weight excluding hydrogens is 376 g/mol. The Labute approximate surface area is 167 Å². The standard InChI is InChI=1S/C21H21F2N5O/c1-26-20(7-8-24-26)25-21(29)28-11-9-27(10-12-28)17-4-2-3-15(13-17)18-6-5-16(22)14-19(18)23/h2-8,13-14H,9-12H2,1H3,(H,25,29). The Hall–Kier alpha value is -3.42. The molecule has 0 atom stereocenters. The van der Waals surface area contributed by atoms with Gasteiger partial charge in [0.1, 0.15) is 17.5 Å². The number of carbonyl (C=O) groups is 1. The van der Waals surface area contributed by atoms with Crippen LogP contribution in [-0.4, -0.2) is 46.9 Å². The molecule has 150 valence electrons. The fourth-order valence-electron chi connectivity index (χ4n) is 3.45. The van der Waals surface area contributed by atoms with Gasteiger partial charge in [0.2, 0.25) is 0 Å². The van der Waals surface area contributed by atoms with Gasteiger partial charge in [-0.05, 0) is 29.8 Å². The number of halogens is 2. The SMILES string of the molecule is Cn1nccc1NC(=O)N1CCN(c2cccc(-c3ccc(F)cc3F)c2)CC1. The average molecular weight is 397 g/mol. The molecule has 2 heterocycles. The third-order valence-electron chi connectivity index (χ3n) is 5.08. The molecular formula is C21H21F2N5O. The number of carbonyl (C=O) groups excluding carboxylic acids is 1. The Morgan fingerprint density at radius 1 is 1.03 bits per heavy atom. The molecule has 1 aliphatic rings. The maximum absolute atomic E-state index is 14.1. The van der Waals surface area contributed by atoms with Crippen LogP contribution in [0.2, 0.25) is 0 Å². The summed E-state index contributed by atoms with van der Waals surface area (Å²) in [6, 6.07) is 12.7. The Balaban J connectivity index is 1.42. The molecule has 8 heteroatoms. The number of hydrogen-bond acceptors (Lipinski definition) is 3. The third-order valence-corrected chi connectivity index (χ3v) is 5.08. The maximum Gasteiger partial charge on any atom is 0.323 e. The van der Waals surface area contributed by atoms with Crippen molar-refractivity contribution in [2.45, 2.75) is 0 Å².